The Bertz CT molecular complexity index is 424. The summed E-state index contributed by atoms with van der Waals surface area (Å²) in [6.07, 6.45) is 9.42. The van der Waals surface area contributed by atoms with Crippen LogP contribution in [0.5, 0.6) is 0 Å². The number of nitrogens with one attached hydrogen (secondary N) is 1. The van der Waals surface area contributed by atoms with E-state index in [-0.39, 0.29) is 5.60 Å². The lowest BCUT2D eigenvalue weighted by Gasteiger charge is -2.27. The van der Waals surface area contributed by atoms with Crippen molar-refractivity contribution >= 4 is 0 Å². The summed E-state index contributed by atoms with van der Waals surface area (Å²) in [6, 6.07) is 0.979. The van der Waals surface area contributed by atoms with Gasteiger partial charge in [-0.05, 0) is 40.0 Å². The van der Waals surface area contributed by atoms with Gasteiger partial charge in [0.1, 0.15) is 12.2 Å². The first kappa shape index (κ1) is 16.4. The second-order valence-electron chi connectivity index (χ2n) is 6.90. The Morgan fingerprint density at radius 1 is 1.38 bits per heavy atom. The smallest absolute Gasteiger partial charge is 0.147 e. The summed E-state index contributed by atoms with van der Waals surface area (Å²) in [5, 5.41) is 12.0. The average Bonchev–Trinajstić information content (AvgIpc) is 2.94. The fourth-order valence-electron chi connectivity index (χ4n) is 3.22. The zero-order valence-corrected chi connectivity index (χ0v) is 13.9. The highest BCUT2D eigenvalue weighted by Gasteiger charge is 2.21. The molecule has 0 radical (unpaired) electrons. The van der Waals surface area contributed by atoms with Crippen molar-refractivity contribution in [2.45, 2.75) is 83.5 Å². The summed E-state index contributed by atoms with van der Waals surface area (Å²) in [6.45, 7) is 7.21. The Morgan fingerprint density at radius 3 is 2.76 bits per heavy atom. The third-order valence-corrected chi connectivity index (χ3v) is 4.57. The summed E-state index contributed by atoms with van der Waals surface area (Å²) in [4.78, 5) is 0. The van der Waals surface area contributed by atoms with Crippen LogP contribution >= 0.6 is 0 Å². The second-order valence-corrected chi connectivity index (χ2v) is 6.90. The summed E-state index contributed by atoms with van der Waals surface area (Å²) in [5.41, 5.74) is -0.0938. The van der Waals surface area contributed by atoms with Gasteiger partial charge in [-0.25, -0.2) is 0 Å². The molecule has 1 saturated carbocycles. The van der Waals surface area contributed by atoms with E-state index >= 15 is 0 Å². The van der Waals surface area contributed by atoms with Crippen molar-refractivity contribution in [3.05, 3.63) is 12.2 Å². The molecular weight excluding hydrogens is 264 g/mol. The molecule has 1 heterocycles. The first-order valence-corrected chi connectivity index (χ1v) is 8.19. The molecule has 0 unspecified atom stereocenters. The van der Waals surface area contributed by atoms with Gasteiger partial charge >= 0.3 is 0 Å². The van der Waals surface area contributed by atoms with Crippen LogP contribution in [0.3, 0.4) is 0 Å². The van der Waals surface area contributed by atoms with E-state index in [9.17, 15) is 0 Å². The Morgan fingerprint density at radius 2 is 2.10 bits per heavy atom. The topological polar surface area (TPSA) is 52.0 Å². The predicted molar refractivity (Wildman–Crippen MR) is 84.2 cm³/mol. The van der Waals surface area contributed by atoms with Gasteiger partial charge in [0.05, 0.1) is 12.1 Å². The van der Waals surface area contributed by atoms with E-state index < -0.39 is 0 Å². The fourth-order valence-corrected chi connectivity index (χ4v) is 3.22. The van der Waals surface area contributed by atoms with Gasteiger partial charge in [-0.15, -0.1) is 10.2 Å². The van der Waals surface area contributed by atoms with E-state index in [2.05, 4.69) is 40.9 Å². The highest BCUT2D eigenvalue weighted by Crippen LogP contribution is 2.28. The lowest BCUT2D eigenvalue weighted by atomic mass is 9.95. The Balaban J connectivity index is 1.87. The normalized spacial score (nSPS) is 18.9. The molecule has 21 heavy (non-hydrogen) atoms. The molecule has 1 aliphatic rings. The van der Waals surface area contributed by atoms with Crippen molar-refractivity contribution in [2.24, 2.45) is 0 Å². The van der Waals surface area contributed by atoms with Gasteiger partial charge in [-0.3, -0.25) is 0 Å². The van der Waals surface area contributed by atoms with Gasteiger partial charge in [0.25, 0.3) is 0 Å². The zero-order chi connectivity index (χ0) is 15.3. The molecule has 120 valence electrons. The highest BCUT2D eigenvalue weighted by molar-refractivity contribution is 4.91. The third-order valence-electron chi connectivity index (χ3n) is 4.57. The number of methoxy groups -OCH3 is 1. The van der Waals surface area contributed by atoms with Gasteiger partial charge in [0.15, 0.2) is 0 Å². The van der Waals surface area contributed by atoms with Gasteiger partial charge in [-0.1, -0.05) is 19.3 Å². The maximum Gasteiger partial charge on any atom is 0.147 e. The maximum atomic E-state index is 5.49. The summed E-state index contributed by atoms with van der Waals surface area (Å²) in [5.74, 6) is 1.06. The van der Waals surface area contributed by atoms with Gasteiger partial charge in [0, 0.05) is 19.2 Å². The Labute approximate surface area is 128 Å². The molecule has 0 amide bonds. The predicted octanol–water partition coefficient (Wildman–Crippen LogP) is 3.08. The molecule has 2 rings (SSSR count). The lowest BCUT2D eigenvalue weighted by molar-refractivity contribution is 0.00836. The average molecular weight is 294 g/mol. The van der Waals surface area contributed by atoms with Crippen molar-refractivity contribution in [3.63, 3.8) is 0 Å². The second kappa shape index (κ2) is 7.36. The van der Waals surface area contributed by atoms with Crippen LogP contribution in [0.4, 0.5) is 0 Å². The van der Waals surface area contributed by atoms with E-state index in [4.69, 9.17) is 4.74 Å². The Kier molecular flexibility index (Phi) is 5.76. The minimum absolute atomic E-state index is 0.0938. The number of hydrogen-bond acceptors (Lipinski definition) is 4. The van der Waals surface area contributed by atoms with E-state index in [0.29, 0.717) is 12.1 Å². The van der Waals surface area contributed by atoms with Crippen LogP contribution in [0.25, 0.3) is 0 Å². The van der Waals surface area contributed by atoms with Crippen molar-refractivity contribution in [1.82, 2.24) is 20.1 Å². The number of hydrogen-bond donors (Lipinski definition) is 1. The fraction of sp³-hybridized carbons (Fsp3) is 0.875. The van der Waals surface area contributed by atoms with Gasteiger partial charge < -0.3 is 14.6 Å². The van der Waals surface area contributed by atoms with Gasteiger partial charge in [0.2, 0.25) is 0 Å². The molecule has 1 fully saturated rings. The third kappa shape index (κ3) is 4.78. The molecule has 5 nitrogen and oxygen atoms in total. The molecule has 5 heteroatoms. The summed E-state index contributed by atoms with van der Waals surface area (Å²) < 4.78 is 7.77. The quantitative estimate of drug-likeness (QED) is 0.839. The van der Waals surface area contributed by atoms with Crippen LogP contribution < -0.4 is 5.32 Å². The van der Waals surface area contributed by atoms with Crippen molar-refractivity contribution < 1.29 is 4.74 Å². The van der Waals surface area contributed by atoms with Crippen LogP contribution in [0.1, 0.15) is 71.2 Å². The molecule has 0 aromatic carbocycles. The van der Waals surface area contributed by atoms with E-state index in [1.54, 1.807) is 7.11 Å². The molecule has 0 saturated heterocycles. The minimum Gasteiger partial charge on any atom is -0.379 e. The molecule has 0 spiro atoms. The SMILES string of the molecule is COC(C)(C)C[C@@H](C)NCc1nncn1C1CCCCC1. The number of aromatic nitrogens is 3. The summed E-state index contributed by atoms with van der Waals surface area (Å²) >= 11 is 0. The van der Waals surface area contributed by atoms with Crippen LogP contribution in [-0.4, -0.2) is 33.5 Å². The first-order chi connectivity index (χ1) is 10.0. The largest absolute Gasteiger partial charge is 0.379 e. The van der Waals surface area contributed by atoms with Crippen molar-refractivity contribution in [2.75, 3.05) is 7.11 Å². The molecule has 1 atom stereocenters. The molecule has 0 aliphatic heterocycles. The van der Waals surface area contributed by atoms with Crippen LogP contribution in [0.2, 0.25) is 0 Å². The van der Waals surface area contributed by atoms with Crippen molar-refractivity contribution in [3.8, 4) is 0 Å². The van der Waals surface area contributed by atoms with E-state index in [1.165, 1.54) is 32.1 Å². The van der Waals surface area contributed by atoms with E-state index in [1.807, 2.05) is 6.33 Å². The number of rotatable bonds is 7. The van der Waals surface area contributed by atoms with Gasteiger partial charge in [-0.2, -0.15) is 0 Å². The van der Waals surface area contributed by atoms with Crippen LogP contribution in [-0.2, 0) is 11.3 Å². The van der Waals surface area contributed by atoms with Crippen LogP contribution in [0, 0.1) is 0 Å². The minimum atomic E-state index is -0.0938. The zero-order valence-electron chi connectivity index (χ0n) is 13.9. The molecular formula is C16H30N4O. The standard InChI is InChI=1S/C16H30N4O/c1-13(10-16(2,3)21-4)17-11-15-19-18-12-20(15)14-8-6-5-7-9-14/h12-14,17H,5-11H2,1-4H3/t13-/m1/s1. The number of nitrogens with zero attached hydrogens (tertiary/aromatic N) is 3. The molecule has 1 N–H and O–H groups in total. The molecule has 1 aromatic rings. The first-order valence-electron chi connectivity index (χ1n) is 8.19. The van der Waals surface area contributed by atoms with Crippen molar-refractivity contribution in [1.29, 1.82) is 0 Å². The maximum absolute atomic E-state index is 5.49. The monoisotopic (exact) mass is 294 g/mol. The Hall–Kier alpha value is -0.940. The molecule has 0 bridgehead atoms. The highest BCUT2D eigenvalue weighted by atomic mass is 16.5. The molecule has 1 aliphatic carbocycles. The lowest BCUT2D eigenvalue weighted by Crippen LogP contribution is -2.36. The molecule has 1 aromatic heterocycles. The summed E-state index contributed by atoms with van der Waals surface area (Å²) in [7, 11) is 1.77. The van der Waals surface area contributed by atoms with E-state index in [0.717, 1.165) is 18.8 Å². The number of ether oxygens (including phenoxy) is 1. The van der Waals surface area contributed by atoms with Crippen LogP contribution in [0.15, 0.2) is 6.33 Å².